The second kappa shape index (κ2) is 6.56. The number of rotatable bonds is 5. The molecule has 0 unspecified atom stereocenters. The predicted octanol–water partition coefficient (Wildman–Crippen LogP) is 3.08. The zero-order chi connectivity index (χ0) is 20.0. The molecule has 8 heteroatoms. The number of hydrogen-bond donors (Lipinski definition) is 2. The van der Waals surface area contributed by atoms with Crippen LogP contribution in [-0.4, -0.2) is 39.8 Å². The SMILES string of the molecule is CC[C@@H](C(=O)O)n1c(=O)c2cc(OC)c(OC)cc2c2cnc3[nH]ccc3c21. The smallest absolute Gasteiger partial charge is 0.326 e. The van der Waals surface area contributed by atoms with Crippen molar-refractivity contribution in [3.8, 4) is 11.5 Å². The molecule has 28 heavy (non-hydrogen) atoms. The number of nitrogens with zero attached hydrogens (tertiary/aromatic N) is 2. The van der Waals surface area contributed by atoms with Gasteiger partial charge in [-0.1, -0.05) is 6.92 Å². The van der Waals surface area contributed by atoms with Crippen LogP contribution in [0.4, 0.5) is 0 Å². The van der Waals surface area contributed by atoms with Crippen LogP contribution in [0.25, 0.3) is 32.7 Å². The molecule has 0 aliphatic rings. The molecule has 0 aliphatic heterocycles. The third-order valence-electron chi connectivity index (χ3n) is 5.05. The van der Waals surface area contributed by atoms with E-state index in [1.165, 1.54) is 18.8 Å². The number of aliphatic carboxylic acids is 1. The lowest BCUT2D eigenvalue weighted by atomic mass is 10.0. The molecule has 0 saturated heterocycles. The minimum atomic E-state index is -1.06. The van der Waals surface area contributed by atoms with Crippen LogP contribution in [-0.2, 0) is 4.79 Å². The normalized spacial score (nSPS) is 12.5. The molecule has 4 aromatic rings. The van der Waals surface area contributed by atoms with Crippen molar-refractivity contribution in [2.45, 2.75) is 19.4 Å². The summed E-state index contributed by atoms with van der Waals surface area (Å²) >= 11 is 0. The van der Waals surface area contributed by atoms with Crippen molar-refractivity contribution in [1.29, 1.82) is 0 Å². The van der Waals surface area contributed by atoms with Gasteiger partial charge in [-0.2, -0.15) is 0 Å². The summed E-state index contributed by atoms with van der Waals surface area (Å²) in [6, 6.07) is 4.10. The Hall–Kier alpha value is -3.55. The zero-order valence-electron chi connectivity index (χ0n) is 15.6. The highest BCUT2D eigenvalue weighted by atomic mass is 16.5. The fraction of sp³-hybridized carbons (Fsp3) is 0.250. The second-order valence-electron chi connectivity index (χ2n) is 6.45. The third kappa shape index (κ3) is 2.41. The maximum atomic E-state index is 13.5. The number of hydrogen-bond acceptors (Lipinski definition) is 5. The molecule has 0 saturated carbocycles. The van der Waals surface area contributed by atoms with E-state index in [-0.39, 0.29) is 6.42 Å². The first-order valence-corrected chi connectivity index (χ1v) is 8.80. The standard InChI is InChI=1S/C20H19N3O5/c1-4-14(20(25)26)23-17-10-5-6-21-18(10)22-9-13(17)11-7-15(27-2)16(28-3)8-12(11)19(23)24/h5-9,14H,4H2,1-3H3,(H,21,22)(H,25,26)/t14-/m0/s1. The molecule has 2 N–H and O–H groups in total. The highest BCUT2D eigenvalue weighted by molar-refractivity contribution is 6.14. The van der Waals surface area contributed by atoms with Crippen molar-refractivity contribution < 1.29 is 19.4 Å². The molecule has 1 atom stereocenters. The fourth-order valence-electron chi connectivity index (χ4n) is 3.73. The van der Waals surface area contributed by atoms with E-state index in [1.54, 1.807) is 37.5 Å². The van der Waals surface area contributed by atoms with Gasteiger partial charge in [0.2, 0.25) is 0 Å². The highest BCUT2D eigenvalue weighted by Crippen LogP contribution is 2.36. The Balaban J connectivity index is 2.30. The summed E-state index contributed by atoms with van der Waals surface area (Å²) in [5.41, 5.74) is 0.720. The molecular weight excluding hydrogens is 362 g/mol. The Labute approximate surface area is 159 Å². The summed E-state index contributed by atoms with van der Waals surface area (Å²) in [7, 11) is 3.01. The van der Waals surface area contributed by atoms with Crippen LogP contribution in [0, 0.1) is 0 Å². The zero-order valence-corrected chi connectivity index (χ0v) is 15.6. The van der Waals surface area contributed by atoms with Crippen molar-refractivity contribution in [1.82, 2.24) is 14.5 Å². The van der Waals surface area contributed by atoms with Gasteiger partial charge >= 0.3 is 5.97 Å². The average Bonchev–Trinajstić information content (AvgIpc) is 3.18. The van der Waals surface area contributed by atoms with Crippen LogP contribution in [0.5, 0.6) is 11.5 Å². The summed E-state index contributed by atoms with van der Waals surface area (Å²) in [6.07, 6.45) is 3.62. The van der Waals surface area contributed by atoms with E-state index in [0.717, 1.165) is 0 Å². The van der Waals surface area contributed by atoms with Crippen LogP contribution in [0.1, 0.15) is 19.4 Å². The highest BCUT2D eigenvalue weighted by Gasteiger charge is 2.25. The monoisotopic (exact) mass is 381 g/mol. The number of carbonyl (C=O) groups is 1. The van der Waals surface area contributed by atoms with E-state index < -0.39 is 17.6 Å². The number of carboxylic acid groups (broad SMARTS) is 1. The van der Waals surface area contributed by atoms with Crippen LogP contribution in [0.3, 0.4) is 0 Å². The molecule has 0 bridgehead atoms. The fourth-order valence-corrected chi connectivity index (χ4v) is 3.73. The third-order valence-corrected chi connectivity index (χ3v) is 5.05. The van der Waals surface area contributed by atoms with Crippen LogP contribution in [0.15, 0.2) is 35.4 Å². The Bertz CT molecular complexity index is 1290. The van der Waals surface area contributed by atoms with Gasteiger partial charge in [-0.05, 0) is 24.6 Å². The Kier molecular flexibility index (Phi) is 4.18. The van der Waals surface area contributed by atoms with Gasteiger partial charge in [-0.3, -0.25) is 9.36 Å². The summed E-state index contributed by atoms with van der Waals surface area (Å²) in [6.45, 7) is 1.74. The van der Waals surface area contributed by atoms with Crippen LogP contribution in [0.2, 0.25) is 0 Å². The van der Waals surface area contributed by atoms with Gasteiger partial charge in [-0.25, -0.2) is 9.78 Å². The molecule has 3 heterocycles. The summed E-state index contributed by atoms with van der Waals surface area (Å²) < 4.78 is 12.1. The van der Waals surface area contributed by atoms with Gasteiger partial charge in [0.1, 0.15) is 11.7 Å². The summed E-state index contributed by atoms with van der Waals surface area (Å²) in [5.74, 6) is -0.184. The molecule has 8 nitrogen and oxygen atoms in total. The Morgan fingerprint density at radius 2 is 1.86 bits per heavy atom. The molecular formula is C20H19N3O5. The van der Waals surface area contributed by atoms with E-state index in [0.29, 0.717) is 44.2 Å². The van der Waals surface area contributed by atoms with Crippen molar-refractivity contribution in [3.05, 3.63) is 40.9 Å². The summed E-state index contributed by atoms with van der Waals surface area (Å²) in [4.78, 5) is 32.8. The van der Waals surface area contributed by atoms with Gasteiger partial charge in [0, 0.05) is 28.6 Å². The molecule has 3 aromatic heterocycles. The lowest BCUT2D eigenvalue weighted by molar-refractivity contribution is -0.140. The number of H-pyrrole nitrogens is 1. The molecule has 0 spiro atoms. The lowest BCUT2D eigenvalue weighted by Crippen LogP contribution is -2.30. The van der Waals surface area contributed by atoms with Crippen molar-refractivity contribution in [3.63, 3.8) is 0 Å². The average molecular weight is 381 g/mol. The molecule has 0 radical (unpaired) electrons. The molecule has 1 aromatic carbocycles. The van der Waals surface area contributed by atoms with Gasteiger partial charge < -0.3 is 19.6 Å². The molecule has 0 aliphatic carbocycles. The minimum absolute atomic E-state index is 0.261. The van der Waals surface area contributed by atoms with E-state index in [1.807, 2.05) is 0 Å². The largest absolute Gasteiger partial charge is 0.493 e. The van der Waals surface area contributed by atoms with Gasteiger partial charge in [0.15, 0.2) is 11.5 Å². The van der Waals surface area contributed by atoms with Crippen molar-refractivity contribution >= 4 is 38.7 Å². The molecule has 0 amide bonds. The van der Waals surface area contributed by atoms with Crippen molar-refractivity contribution in [2.24, 2.45) is 0 Å². The number of pyridine rings is 2. The van der Waals surface area contributed by atoms with Crippen LogP contribution < -0.4 is 15.0 Å². The maximum absolute atomic E-state index is 13.5. The minimum Gasteiger partial charge on any atom is -0.493 e. The first kappa shape index (κ1) is 17.8. The van der Waals surface area contributed by atoms with E-state index >= 15 is 0 Å². The number of methoxy groups -OCH3 is 2. The van der Waals surface area contributed by atoms with E-state index in [4.69, 9.17) is 9.47 Å². The molecule has 144 valence electrons. The van der Waals surface area contributed by atoms with Gasteiger partial charge in [0.25, 0.3) is 5.56 Å². The van der Waals surface area contributed by atoms with Gasteiger partial charge in [0.05, 0.1) is 25.1 Å². The number of carboxylic acids is 1. The van der Waals surface area contributed by atoms with Crippen molar-refractivity contribution in [2.75, 3.05) is 14.2 Å². The molecule has 4 rings (SSSR count). The number of aromatic amines is 1. The quantitative estimate of drug-likeness (QED) is 0.515. The number of aromatic nitrogens is 3. The maximum Gasteiger partial charge on any atom is 0.326 e. The van der Waals surface area contributed by atoms with E-state index in [9.17, 15) is 14.7 Å². The second-order valence-corrected chi connectivity index (χ2v) is 6.45. The topological polar surface area (TPSA) is 106 Å². The number of nitrogens with one attached hydrogen (secondary N) is 1. The lowest BCUT2D eigenvalue weighted by Gasteiger charge is -2.20. The summed E-state index contributed by atoms with van der Waals surface area (Å²) in [5, 5.41) is 12.1. The Morgan fingerprint density at radius 1 is 1.18 bits per heavy atom. The predicted molar refractivity (Wildman–Crippen MR) is 105 cm³/mol. The first-order valence-electron chi connectivity index (χ1n) is 8.80. The first-order chi connectivity index (χ1) is 13.5. The van der Waals surface area contributed by atoms with E-state index in [2.05, 4.69) is 9.97 Å². The Morgan fingerprint density at radius 3 is 2.46 bits per heavy atom. The number of benzene rings is 1. The molecule has 0 fully saturated rings. The number of ether oxygens (including phenoxy) is 2. The number of fused-ring (bicyclic) bond motifs is 5. The van der Waals surface area contributed by atoms with Crippen LogP contribution >= 0.6 is 0 Å². The van der Waals surface area contributed by atoms with Gasteiger partial charge in [-0.15, -0.1) is 0 Å².